The number of nitriles is 1. The van der Waals surface area contributed by atoms with E-state index in [4.69, 9.17) is 4.74 Å². The SMILES string of the molecule is Cc1cc(SC2=C(O)C[C@](CCc3ccc(O)cc3)(C(C)C)OC2=O)c(C(C)(C)C)cc1NC(=O)c1cccc(C#N)c1. The summed E-state index contributed by atoms with van der Waals surface area (Å²) in [5.41, 5.74) is 2.89. The fourth-order valence-corrected chi connectivity index (χ4v) is 6.38. The monoisotopic (exact) mass is 598 g/mol. The molecule has 43 heavy (non-hydrogen) atoms. The number of hydrogen-bond donors (Lipinski definition) is 3. The van der Waals surface area contributed by atoms with Crippen LogP contribution in [-0.2, 0) is 21.4 Å². The number of esters is 1. The van der Waals surface area contributed by atoms with Crippen molar-refractivity contribution in [3.63, 3.8) is 0 Å². The largest absolute Gasteiger partial charge is 0.511 e. The number of phenolic OH excluding ortho intramolecular Hbond substituents is 1. The van der Waals surface area contributed by atoms with Gasteiger partial charge in [-0.05, 0) is 90.3 Å². The minimum Gasteiger partial charge on any atom is -0.511 e. The van der Waals surface area contributed by atoms with Crippen LogP contribution in [0, 0.1) is 24.2 Å². The number of phenols is 1. The number of aliphatic hydroxyl groups excluding tert-OH is 1. The fourth-order valence-electron chi connectivity index (χ4n) is 5.14. The highest BCUT2D eigenvalue weighted by molar-refractivity contribution is 8.04. The molecule has 0 saturated carbocycles. The number of nitrogens with zero attached hydrogens (tertiary/aromatic N) is 1. The van der Waals surface area contributed by atoms with E-state index in [9.17, 15) is 25.1 Å². The van der Waals surface area contributed by atoms with Crippen molar-refractivity contribution >= 4 is 29.3 Å². The van der Waals surface area contributed by atoms with Gasteiger partial charge in [-0.1, -0.05) is 64.6 Å². The van der Waals surface area contributed by atoms with Crippen LogP contribution in [0.15, 0.2) is 76.2 Å². The molecular weight excluding hydrogens is 560 g/mol. The predicted octanol–water partition coefficient (Wildman–Crippen LogP) is 7.96. The summed E-state index contributed by atoms with van der Waals surface area (Å²) in [6, 6.07) is 19.4. The van der Waals surface area contributed by atoms with Crippen molar-refractivity contribution in [2.45, 2.75) is 76.7 Å². The van der Waals surface area contributed by atoms with Crippen molar-refractivity contribution < 1.29 is 24.5 Å². The Morgan fingerprint density at radius 2 is 1.81 bits per heavy atom. The summed E-state index contributed by atoms with van der Waals surface area (Å²) in [6.45, 7) is 12.0. The van der Waals surface area contributed by atoms with Gasteiger partial charge in [0.25, 0.3) is 5.91 Å². The maximum absolute atomic E-state index is 13.5. The average Bonchev–Trinajstić information content (AvgIpc) is 2.95. The number of amides is 1. The highest BCUT2D eigenvalue weighted by Crippen LogP contribution is 2.46. The summed E-state index contributed by atoms with van der Waals surface area (Å²) in [6.07, 6.45) is 1.36. The number of carbonyl (C=O) groups is 2. The van der Waals surface area contributed by atoms with Gasteiger partial charge < -0.3 is 20.3 Å². The van der Waals surface area contributed by atoms with Crippen molar-refractivity contribution in [2.24, 2.45) is 5.92 Å². The predicted molar refractivity (Wildman–Crippen MR) is 169 cm³/mol. The number of carbonyl (C=O) groups excluding carboxylic acids is 2. The first-order chi connectivity index (χ1) is 20.2. The highest BCUT2D eigenvalue weighted by Gasteiger charge is 2.44. The van der Waals surface area contributed by atoms with Gasteiger partial charge in [0.05, 0.1) is 11.6 Å². The molecule has 0 fully saturated rings. The van der Waals surface area contributed by atoms with Gasteiger partial charge in [0.15, 0.2) is 0 Å². The molecule has 3 aromatic carbocycles. The minimum absolute atomic E-state index is 0.00734. The average molecular weight is 599 g/mol. The second-order valence-corrected chi connectivity index (χ2v) is 13.4. The number of aliphatic hydroxyl groups is 1. The van der Waals surface area contributed by atoms with E-state index in [2.05, 4.69) is 11.4 Å². The molecule has 0 radical (unpaired) electrons. The fraction of sp³-hybridized carbons (Fsp3) is 0.343. The molecule has 0 saturated heterocycles. The van der Waals surface area contributed by atoms with E-state index in [0.29, 0.717) is 29.7 Å². The van der Waals surface area contributed by atoms with Crippen LogP contribution in [0.1, 0.15) is 80.1 Å². The van der Waals surface area contributed by atoms with Crippen LogP contribution in [0.5, 0.6) is 5.75 Å². The lowest BCUT2D eigenvalue weighted by molar-refractivity contribution is -0.164. The molecule has 0 spiro atoms. The molecule has 4 rings (SSSR count). The first-order valence-electron chi connectivity index (χ1n) is 14.3. The van der Waals surface area contributed by atoms with Crippen LogP contribution >= 0.6 is 11.8 Å². The van der Waals surface area contributed by atoms with Crippen LogP contribution in [0.3, 0.4) is 0 Å². The number of benzene rings is 3. The van der Waals surface area contributed by atoms with Crippen LogP contribution in [0.25, 0.3) is 0 Å². The lowest BCUT2D eigenvalue weighted by atomic mass is 9.80. The van der Waals surface area contributed by atoms with Gasteiger partial charge >= 0.3 is 5.97 Å². The zero-order chi connectivity index (χ0) is 31.5. The Hall–Kier alpha value is -4.22. The number of cyclic esters (lactones) is 1. The Kier molecular flexibility index (Phi) is 9.26. The molecule has 3 N–H and O–H groups in total. The molecule has 7 nitrogen and oxygen atoms in total. The zero-order valence-corrected chi connectivity index (χ0v) is 26.3. The number of nitrogens with one attached hydrogen (secondary N) is 1. The Morgan fingerprint density at radius 1 is 1.12 bits per heavy atom. The summed E-state index contributed by atoms with van der Waals surface area (Å²) >= 11 is 1.18. The molecular formula is C35H38N2O5S. The molecule has 1 heterocycles. The van der Waals surface area contributed by atoms with Gasteiger partial charge in [-0.3, -0.25) is 4.79 Å². The van der Waals surface area contributed by atoms with E-state index in [-0.39, 0.29) is 40.1 Å². The van der Waals surface area contributed by atoms with Crippen LogP contribution in [-0.4, -0.2) is 27.7 Å². The number of anilines is 1. The van der Waals surface area contributed by atoms with E-state index in [0.717, 1.165) is 21.6 Å². The second kappa shape index (κ2) is 12.6. The zero-order valence-electron chi connectivity index (χ0n) is 25.4. The second-order valence-electron chi connectivity index (χ2n) is 12.4. The topological polar surface area (TPSA) is 120 Å². The maximum atomic E-state index is 13.5. The van der Waals surface area contributed by atoms with E-state index >= 15 is 0 Å². The van der Waals surface area contributed by atoms with E-state index in [1.54, 1.807) is 36.4 Å². The quantitative estimate of drug-likeness (QED) is 0.225. The molecule has 1 aliphatic rings. The van der Waals surface area contributed by atoms with E-state index < -0.39 is 11.6 Å². The van der Waals surface area contributed by atoms with Crippen molar-refractivity contribution in [1.82, 2.24) is 0 Å². The van der Waals surface area contributed by atoms with E-state index in [1.807, 2.05) is 65.8 Å². The first kappa shape index (κ1) is 31.7. The lowest BCUT2D eigenvalue weighted by Gasteiger charge is -2.40. The third-order valence-corrected chi connectivity index (χ3v) is 9.05. The molecule has 8 heteroatoms. The molecule has 1 amide bonds. The van der Waals surface area contributed by atoms with Crippen LogP contribution in [0.2, 0.25) is 0 Å². The third kappa shape index (κ3) is 7.23. The minimum atomic E-state index is -0.858. The molecule has 1 atom stereocenters. The summed E-state index contributed by atoms with van der Waals surface area (Å²) < 4.78 is 6.13. The Morgan fingerprint density at radius 3 is 2.42 bits per heavy atom. The van der Waals surface area contributed by atoms with Gasteiger partial charge in [-0.25, -0.2) is 4.79 Å². The molecule has 1 aliphatic heterocycles. The molecule has 0 aromatic heterocycles. The number of hydrogen-bond acceptors (Lipinski definition) is 7. The summed E-state index contributed by atoms with van der Waals surface area (Å²) in [7, 11) is 0. The van der Waals surface area contributed by atoms with Gasteiger partial charge in [-0.15, -0.1) is 0 Å². The number of ether oxygens (including phenoxy) is 1. The standard InChI is InChI=1S/C35H38N2O5S/c1-21(2)35(15-14-23-10-12-26(38)13-11-23)19-29(39)31(33(41)42-35)43-30-16-22(3)28(18-27(30)34(4,5)6)37-32(40)25-9-7-8-24(17-25)20-36/h7-13,16-18,21,38-39H,14-15,19H2,1-6H3,(H,37,40)/t35-/m1/s1. The van der Waals surface area contributed by atoms with Crippen molar-refractivity contribution in [1.29, 1.82) is 5.26 Å². The van der Waals surface area contributed by atoms with Gasteiger partial charge in [0.2, 0.25) is 0 Å². The van der Waals surface area contributed by atoms with Crippen LogP contribution < -0.4 is 5.32 Å². The molecule has 0 bridgehead atoms. The van der Waals surface area contributed by atoms with Gasteiger partial charge in [0.1, 0.15) is 22.0 Å². The Labute approximate surface area is 257 Å². The van der Waals surface area contributed by atoms with Crippen molar-refractivity contribution in [2.75, 3.05) is 5.32 Å². The molecule has 224 valence electrons. The smallest absolute Gasteiger partial charge is 0.349 e. The highest BCUT2D eigenvalue weighted by atomic mass is 32.2. The Bertz CT molecular complexity index is 1610. The summed E-state index contributed by atoms with van der Waals surface area (Å²) in [5, 5.41) is 33.0. The van der Waals surface area contributed by atoms with E-state index in [1.165, 1.54) is 11.8 Å². The van der Waals surface area contributed by atoms with Gasteiger partial charge in [0, 0.05) is 22.6 Å². The molecule has 3 aromatic rings. The molecule has 0 unspecified atom stereocenters. The molecule has 0 aliphatic carbocycles. The number of thioether (sulfide) groups is 1. The Balaban J connectivity index is 1.61. The third-order valence-electron chi connectivity index (χ3n) is 7.88. The lowest BCUT2D eigenvalue weighted by Crippen LogP contribution is -2.44. The van der Waals surface area contributed by atoms with Crippen molar-refractivity contribution in [3.8, 4) is 11.8 Å². The normalized spacial score (nSPS) is 17.0. The number of rotatable bonds is 8. The van der Waals surface area contributed by atoms with Crippen molar-refractivity contribution in [3.05, 3.63) is 99.1 Å². The summed E-state index contributed by atoms with van der Waals surface area (Å²) in [4.78, 5) is 27.4. The van der Waals surface area contributed by atoms with Gasteiger partial charge in [-0.2, -0.15) is 5.26 Å². The summed E-state index contributed by atoms with van der Waals surface area (Å²) in [5.74, 6) is -0.715. The van der Waals surface area contributed by atoms with Crippen LogP contribution in [0.4, 0.5) is 5.69 Å². The first-order valence-corrected chi connectivity index (χ1v) is 15.1. The maximum Gasteiger partial charge on any atom is 0.349 e. The number of aryl methyl sites for hydroxylation is 2. The number of aromatic hydroxyl groups is 1.